The van der Waals surface area contributed by atoms with Crippen LogP contribution in [0.25, 0.3) is 0 Å². The number of carbonyl (C=O) groups excluding carboxylic acids is 1. The van der Waals surface area contributed by atoms with E-state index in [2.05, 4.69) is 15.3 Å². The molecule has 0 bridgehead atoms. The van der Waals surface area contributed by atoms with Crippen LogP contribution in [0.2, 0.25) is 0 Å². The maximum atomic E-state index is 11.6. The first-order chi connectivity index (χ1) is 7.27. The second kappa shape index (κ2) is 4.05. The molecule has 0 saturated heterocycles. The lowest BCUT2D eigenvalue weighted by atomic mass is 10.4. The minimum atomic E-state index is -0.284. The summed E-state index contributed by atoms with van der Waals surface area (Å²) in [5.41, 5.74) is 6.07. The summed E-state index contributed by atoms with van der Waals surface area (Å²) >= 11 is 1.28. The van der Waals surface area contributed by atoms with E-state index < -0.39 is 0 Å². The number of aromatic nitrogens is 2. The van der Waals surface area contributed by atoms with Gasteiger partial charge in [0.05, 0.1) is 5.69 Å². The summed E-state index contributed by atoms with van der Waals surface area (Å²) in [4.78, 5) is 19.9. The van der Waals surface area contributed by atoms with Crippen molar-refractivity contribution in [3.63, 3.8) is 0 Å². The van der Waals surface area contributed by atoms with E-state index >= 15 is 0 Å². The molecule has 0 spiro atoms. The summed E-state index contributed by atoms with van der Waals surface area (Å²) < 4.78 is 0. The molecule has 2 rings (SSSR count). The van der Waals surface area contributed by atoms with Gasteiger partial charge in [0.2, 0.25) is 5.95 Å². The fourth-order valence-corrected chi connectivity index (χ4v) is 1.74. The van der Waals surface area contributed by atoms with Crippen LogP contribution < -0.4 is 11.1 Å². The highest BCUT2D eigenvalue weighted by molar-refractivity contribution is 7.12. The van der Waals surface area contributed by atoms with Crippen molar-refractivity contribution >= 4 is 28.9 Å². The molecule has 6 heteroatoms. The number of hydrogen-bond donors (Lipinski definition) is 2. The molecule has 0 aromatic carbocycles. The number of amides is 1. The van der Waals surface area contributed by atoms with Crippen molar-refractivity contribution in [3.05, 3.63) is 34.8 Å². The Bertz CT molecular complexity index is 468. The fraction of sp³-hybridized carbons (Fsp3) is 0. The maximum Gasteiger partial charge on any atom is 0.270 e. The van der Waals surface area contributed by atoms with E-state index in [4.69, 9.17) is 5.73 Å². The number of anilines is 2. The van der Waals surface area contributed by atoms with Crippen LogP contribution in [0, 0.1) is 0 Å². The van der Waals surface area contributed by atoms with Crippen LogP contribution in [0.3, 0.4) is 0 Å². The lowest BCUT2D eigenvalue weighted by molar-refractivity contribution is 0.103. The summed E-state index contributed by atoms with van der Waals surface area (Å²) in [6.45, 7) is 0. The second-order valence-electron chi connectivity index (χ2n) is 2.73. The zero-order valence-electron chi connectivity index (χ0n) is 7.68. The Hall–Kier alpha value is -1.95. The number of nitrogens with one attached hydrogen (secondary N) is 1. The predicted octanol–water partition coefficient (Wildman–Crippen LogP) is 1.37. The summed E-state index contributed by atoms with van der Waals surface area (Å²) in [6.07, 6.45) is 3.11. The molecule has 0 radical (unpaired) electrons. The third-order valence-electron chi connectivity index (χ3n) is 1.69. The van der Waals surface area contributed by atoms with Gasteiger partial charge in [-0.05, 0) is 17.5 Å². The molecule has 0 atom stereocenters. The molecule has 0 fully saturated rings. The molecule has 0 aliphatic rings. The SMILES string of the molecule is Nc1ccsc1C(=O)Nc1ncccn1. The van der Waals surface area contributed by atoms with Gasteiger partial charge in [0.15, 0.2) is 0 Å². The lowest BCUT2D eigenvalue weighted by Crippen LogP contribution is -2.13. The number of nitrogen functional groups attached to an aromatic ring is 1. The van der Waals surface area contributed by atoms with Crippen LogP contribution in [-0.4, -0.2) is 15.9 Å². The van der Waals surface area contributed by atoms with Gasteiger partial charge in [-0.15, -0.1) is 11.3 Å². The highest BCUT2D eigenvalue weighted by Crippen LogP contribution is 2.19. The Morgan fingerprint density at radius 1 is 1.40 bits per heavy atom. The van der Waals surface area contributed by atoms with Gasteiger partial charge in [-0.1, -0.05) is 0 Å². The van der Waals surface area contributed by atoms with Gasteiger partial charge in [-0.2, -0.15) is 0 Å². The van der Waals surface area contributed by atoms with Crippen molar-refractivity contribution in [2.75, 3.05) is 11.1 Å². The largest absolute Gasteiger partial charge is 0.397 e. The molecule has 2 aromatic heterocycles. The molecule has 0 saturated carbocycles. The fourth-order valence-electron chi connectivity index (χ4n) is 1.03. The standard InChI is InChI=1S/C9H8N4OS/c10-6-2-5-15-7(6)8(14)13-9-11-3-1-4-12-9/h1-5H,10H2,(H,11,12,13,14). The van der Waals surface area contributed by atoms with E-state index in [0.717, 1.165) is 0 Å². The third-order valence-corrected chi connectivity index (χ3v) is 2.62. The summed E-state index contributed by atoms with van der Waals surface area (Å²) in [5.74, 6) is -0.0102. The Morgan fingerprint density at radius 2 is 2.13 bits per heavy atom. The van der Waals surface area contributed by atoms with Crippen molar-refractivity contribution in [2.45, 2.75) is 0 Å². The zero-order valence-corrected chi connectivity index (χ0v) is 8.49. The lowest BCUT2D eigenvalue weighted by Gasteiger charge is -2.01. The summed E-state index contributed by atoms with van der Waals surface area (Å²) in [7, 11) is 0. The van der Waals surface area contributed by atoms with Gasteiger partial charge in [0.25, 0.3) is 5.91 Å². The van der Waals surface area contributed by atoms with Crippen LogP contribution >= 0.6 is 11.3 Å². The Balaban J connectivity index is 2.15. The third kappa shape index (κ3) is 2.10. The zero-order chi connectivity index (χ0) is 10.7. The number of nitrogens with two attached hydrogens (primary N) is 1. The first-order valence-electron chi connectivity index (χ1n) is 4.18. The highest BCUT2D eigenvalue weighted by Gasteiger charge is 2.11. The maximum absolute atomic E-state index is 11.6. The number of nitrogens with zero attached hydrogens (tertiary/aromatic N) is 2. The number of rotatable bonds is 2. The molecule has 5 nitrogen and oxygen atoms in total. The average molecular weight is 220 g/mol. The summed E-state index contributed by atoms with van der Waals surface area (Å²) in [5, 5.41) is 4.31. The Kier molecular flexibility index (Phi) is 2.59. The van der Waals surface area contributed by atoms with E-state index in [0.29, 0.717) is 10.6 Å². The molecule has 76 valence electrons. The highest BCUT2D eigenvalue weighted by atomic mass is 32.1. The van der Waals surface area contributed by atoms with E-state index in [1.165, 1.54) is 11.3 Å². The smallest absolute Gasteiger partial charge is 0.270 e. The molecule has 2 heterocycles. The molecule has 0 unspecified atom stereocenters. The van der Waals surface area contributed by atoms with Crippen molar-refractivity contribution in [1.82, 2.24) is 9.97 Å². The van der Waals surface area contributed by atoms with E-state index in [9.17, 15) is 4.79 Å². The van der Waals surface area contributed by atoms with Crippen molar-refractivity contribution in [2.24, 2.45) is 0 Å². The van der Waals surface area contributed by atoms with Crippen molar-refractivity contribution < 1.29 is 4.79 Å². The monoisotopic (exact) mass is 220 g/mol. The number of thiophene rings is 1. The van der Waals surface area contributed by atoms with E-state index in [-0.39, 0.29) is 11.9 Å². The van der Waals surface area contributed by atoms with Gasteiger partial charge < -0.3 is 5.73 Å². The molecule has 3 N–H and O–H groups in total. The molecule has 1 amide bonds. The Morgan fingerprint density at radius 3 is 2.73 bits per heavy atom. The second-order valence-corrected chi connectivity index (χ2v) is 3.65. The van der Waals surface area contributed by atoms with Crippen LogP contribution in [0.5, 0.6) is 0 Å². The van der Waals surface area contributed by atoms with Crippen LogP contribution in [0.15, 0.2) is 29.9 Å². The van der Waals surface area contributed by atoms with Crippen molar-refractivity contribution in [3.8, 4) is 0 Å². The van der Waals surface area contributed by atoms with Gasteiger partial charge in [-0.25, -0.2) is 9.97 Å². The first kappa shape index (κ1) is 9.60. The van der Waals surface area contributed by atoms with E-state index in [1.807, 2.05) is 0 Å². The number of hydrogen-bond acceptors (Lipinski definition) is 5. The molecule has 2 aromatic rings. The molecule has 0 aliphatic carbocycles. The minimum Gasteiger partial charge on any atom is -0.397 e. The van der Waals surface area contributed by atoms with Gasteiger partial charge >= 0.3 is 0 Å². The molecular formula is C9H8N4OS. The van der Waals surface area contributed by atoms with Gasteiger partial charge in [0.1, 0.15) is 4.88 Å². The topological polar surface area (TPSA) is 80.9 Å². The first-order valence-corrected chi connectivity index (χ1v) is 5.06. The molecular weight excluding hydrogens is 212 g/mol. The average Bonchev–Trinajstić information content (AvgIpc) is 2.66. The minimum absolute atomic E-state index is 0.273. The van der Waals surface area contributed by atoms with Crippen LogP contribution in [0.1, 0.15) is 9.67 Å². The molecule has 0 aliphatic heterocycles. The number of carbonyl (C=O) groups is 1. The predicted molar refractivity (Wildman–Crippen MR) is 58.7 cm³/mol. The van der Waals surface area contributed by atoms with Crippen molar-refractivity contribution in [1.29, 1.82) is 0 Å². The van der Waals surface area contributed by atoms with Gasteiger partial charge in [0, 0.05) is 12.4 Å². The van der Waals surface area contributed by atoms with Crippen LogP contribution in [0.4, 0.5) is 11.6 Å². The van der Waals surface area contributed by atoms with Crippen LogP contribution in [-0.2, 0) is 0 Å². The van der Waals surface area contributed by atoms with Gasteiger partial charge in [-0.3, -0.25) is 10.1 Å². The Labute approximate surface area is 90.0 Å². The quantitative estimate of drug-likeness (QED) is 0.801. The summed E-state index contributed by atoms with van der Waals surface area (Å²) in [6, 6.07) is 3.36. The normalized spacial score (nSPS) is 9.87. The van der Waals surface area contributed by atoms with E-state index in [1.54, 1.807) is 29.9 Å². The molecule has 15 heavy (non-hydrogen) atoms.